The van der Waals surface area contributed by atoms with E-state index in [2.05, 4.69) is 4.74 Å². The maximum atomic E-state index is 9.87. The highest BCUT2D eigenvalue weighted by molar-refractivity contribution is 5.52. The first kappa shape index (κ1) is 10.3. The molecule has 0 aromatic heterocycles. The van der Waals surface area contributed by atoms with Crippen LogP contribution in [-0.2, 0) is 9.53 Å². The monoisotopic (exact) mass is 192 g/mol. The molecule has 0 spiro atoms. The van der Waals surface area contributed by atoms with Gasteiger partial charge in [0.1, 0.15) is 5.75 Å². The fourth-order valence-electron chi connectivity index (χ4n) is 1.02. The largest absolute Gasteiger partial charge is 0.494 e. The Morgan fingerprint density at radius 3 is 3.00 bits per heavy atom. The molecular formula is C11H12O3. The first-order valence-electron chi connectivity index (χ1n) is 4.35. The van der Waals surface area contributed by atoms with Gasteiger partial charge in [0.15, 0.2) is 0 Å². The van der Waals surface area contributed by atoms with Crippen LogP contribution in [-0.4, -0.2) is 13.1 Å². The van der Waals surface area contributed by atoms with Crippen LogP contribution in [0.15, 0.2) is 30.5 Å². The van der Waals surface area contributed by atoms with E-state index in [1.54, 1.807) is 6.08 Å². The Hall–Kier alpha value is -1.77. The molecule has 0 fully saturated rings. The van der Waals surface area contributed by atoms with Gasteiger partial charge in [0, 0.05) is 0 Å². The molecule has 0 amide bonds. The second-order valence-electron chi connectivity index (χ2n) is 2.54. The molecule has 1 aromatic rings. The van der Waals surface area contributed by atoms with Crippen LogP contribution in [0.5, 0.6) is 5.75 Å². The van der Waals surface area contributed by atoms with E-state index in [0.717, 1.165) is 11.3 Å². The summed E-state index contributed by atoms with van der Waals surface area (Å²) in [7, 11) is 0. The van der Waals surface area contributed by atoms with Crippen LogP contribution in [0.4, 0.5) is 0 Å². The highest BCUT2D eigenvalue weighted by Crippen LogP contribution is 2.14. The van der Waals surface area contributed by atoms with Crippen LogP contribution in [0.25, 0.3) is 6.08 Å². The van der Waals surface area contributed by atoms with Gasteiger partial charge in [-0.1, -0.05) is 12.1 Å². The average molecular weight is 192 g/mol. The predicted molar refractivity (Wildman–Crippen MR) is 53.8 cm³/mol. The van der Waals surface area contributed by atoms with Crippen molar-refractivity contribution in [3.63, 3.8) is 0 Å². The number of carbonyl (C=O) groups excluding carboxylic acids is 1. The van der Waals surface area contributed by atoms with Crippen LogP contribution in [0.3, 0.4) is 0 Å². The van der Waals surface area contributed by atoms with Crippen molar-refractivity contribution in [2.24, 2.45) is 0 Å². The third-order valence-electron chi connectivity index (χ3n) is 1.56. The minimum Gasteiger partial charge on any atom is -0.494 e. The number of hydrogen-bond donors (Lipinski definition) is 0. The second kappa shape index (κ2) is 5.80. The molecule has 0 aliphatic carbocycles. The minimum atomic E-state index is 0.378. The average Bonchev–Trinajstić information content (AvgIpc) is 2.19. The third-order valence-corrected chi connectivity index (χ3v) is 1.56. The molecule has 0 atom stereocenters. The van der Waals surface area contributed by atoms with Crippen LogP contribution in [0, 0.1) is 0 Å². The van der Waals surface area contributed by atoms with Gasteiger partial charge in [-0.15, -0.1) is 0 Å². The predicted octanol–water partition coefficient (Wildman–Crippen LogP) is 2.23. The van der Waals surface area contributed by atoms with Gasteiger partial charge in [0.2, 0.25) is 0 Å². The Morgan fingerprint density at radius 1 is 1.43 bits per heavy atom. The van der Waals surface area contributed by atoms with Crippen molar-refractivity contribution >= 4 is 12.5 Å². The van der Waals surface area contributed by atoms with E-state index in [-0.39, 0.29) is 0 Å². The molecule has 1 aromatic carbocycles. The molecule has 0 saturated carbocycles. The van der Waals surface area contributed by atoms with Crippen molar-refractivity contribution in [1.82, 2.24) is 0 Å². The summed E-state index contributed by atoms with van der Waals surface area (Å²) in [6, 6.07) is 7.52. The van der Waals surface area contributed by atoms with Crippen LogP contribution >= 0.6 is 0 Å². The summed E-state index contributed by atoms with van der Waals surface area (Å²) in [6.07, 6.45) is 3.02. The second-order valence-corrected chi connectivity index (χ2v) is 2.54. The molecule has 14 heavy (non-hydrogen) atoms. The van der Waals surface area contributed by atoms with E-state index in [1.165, 1.54) is 6.26 Å². The summed E-state index contributed by atoms with van der Waals surface area (Å²) >= 11 is 0. The summed E-state index contributed by atoms with van der Waals surface area (Å²) in [5, 5.41) is 0. The van der Waals surface area contributed by atoms with Crippen LogP contribution < -0.4 is 4.74 Å². The molecule has 0 N–H and O–H groups in total. The van der Waals surface area contributed by atoms with Gasteiger partial charge < -0.3 is 9.47 Å². The third kappa shape index (κ3) is 3.31. The van der Waals surface area contributed by atoms with E-state index < -0.39 is 0 Å². The van der Waals surface area contributed by atoms with Crippen molar-refractivity contribution in [2.75, 3.05) is 6.61 Å². The lowest BCUT2D eigenvalue weighted by molar-refractivity contribution is -0.123. The van der Waals surface area contributed by atoms with E-state index >= 15 is 0 Å². The first-order chi connectivity index (χ1) is 6.86. The van der Waals surface area contributed by atoms with Gasteiger partial charge in [-0.2, -0.15) is 0 Å². The van der Waals surface area contributed by atoms with E-state index in [0.29, 0.717) is 13.1 Å². The highest BCUT2D eigenvalue weighted by atomic mass is 16.5. The number of ether oxygens (including phenoxy) is 2. The molecule has 1 rings (SSSR count). The van der Waals surface area contributed by atoms with Gasteiger partial charge in [0.25, 0.3) is 6.47 Å². The molecule has 3 nitrogen and oxygen atoms in total. The van der Waals surface area contributed by atoms with Crippen LogP contribution in [0.1, 0.15) is 12.5 Å². The smallest absolute Gasteiger partial charge is 0.297 e. The summed E-state index contributed by atoms with van der Waals surface area (Å²) < 4.78 is 9.74. The maximum Gasteiger partial charge on any atom is 0.297 e. The van der Waals surface area contributed by atoms with Crippen molar-refractivity contribution in [3.05, 3.63) is 36.1 Å². The molecule has 0 aliphatic heterocycles. The summed E-state index contributed by atoms with van der Waals surface area (Å²) in [6.45, 7) is 2.94. The van der Waals surface area contributed by atoms with E-state index in [9.17, 15) is 4.79 Å². The Kier molecular flexibility index (Phi) is 4.27. The summed E-state index contributed by atoms with van der Waals surface area (Å²) in [4.78, 5) is 9.87. The van der Waals surface area contributed by atoms with Crippen molar-refractivity contribution in [3.8, 4) is 5.75 Å². The SMILES string of the molecule is CCOc1cccc(/C=C/OC=O)c1. The number of carbonyl (C=O) groups is 1. The van der Waals surface area contributed by atoms with Gasteiger partial charge in [-0.25, -0.2) is 0 Å². The number of hydrogen-bond acceptors (Lipinski definition) is 3. The van der Waals surface area contributed by atoms with Gasteiger partial charge in [0.05, 0.1) is 12.9 Å². The first-order valence-corrected chi connectivity index (χ1v) is 4.35. The standard InChI is InChI=1S/C11H12O3/c1-2-14-11-5-3-4-10(8-11)6-7-13-9-12/h3-9H,2H2,1H3/b7-6+. The van der Waals surface area contributed by atoms with Gasteiger partial charge in [-0.3, -0.25) is 4.79 Å². The Labute approximate surface area is 83.0 Å². The molecule has 3 heteroatoms. The fourth-order valence-corrected chi connectivity index (χ4v) is 1.02. The van der Waals surface area contributed by atoms with E-state index in [1.807, 2.05) is 31.2 Å². The maximum absolute atomic E-state index is 9.87. The Morgan fingerprint density at radius 2 is 2.29 bits per heavy atom. The Bertz CT molecular complexity index is 318. The highest BCUT2D eigenvalue weighted by Gasteiger charge is 1.92. The minimum absolute atomic E-state index is 0.378. The van der Waals surface area contributed by atoms with E-state index in [4.69, 9.17) is 4.74 Å². The van der Waals surface area contributed by atoms with Crippen molar-refractivity contribution in [1.29, 1.82) is 0 Å². The summed E-state index contributed by atoms with van der Waals surface area (Å²) in [5.74, 6) is 0.806. The normalized spacial score (nSPS) is 10.1. The fraction of sp³-hybridized carbons (Fsp3) is 0.182. The molecule has 0 radical (unpaired) electrons. The number of rotatable bonds is 5. The van der Waals surface area contributed by atoms with Crippen LogP contribution in [0.2, 0.25) is 0 Å². The van der Waals surface area contributed by atoms with Crippen molar-refractivity contribution < 1.29 is 14.3 Å². The lowest BCUT2D eigenvalue weighted by atomic mass is 10.2. The molecule has 0 heterocycles. The zero-order chi connectivity index (χ0) is 10.2. The summed E-state index contributed by atoms with van der Waals surface area (Å²) in [5.41, 5.74) is 0.929. The quantitative estimate of drug-likeness (QED) is 0.530. The molecule has 0 bridgehead atoms. The topological polar surface area (TPSA) is 35.5 Å². The number of benzene rings is 1. The van der Waals surface area contributed by atoms with Crippen molar-refractivity contribution in [2.45, 2.75) is 6.92 Å². The lowest BCUT2D eigenvalue weighted by Gasteiger charge is -2.02. The molecule has 0 saturated heterocycles. The molecule has 0 aliphatic rings. The molecule has 0 unspecified atom stereocenters. The zero-order valence-corrected chi connectivity index (χ0v) is 7.97. The Balaban J connectivity index is 2.67. The lowest BCUT2D eigenvalue weighted by Crippen LogP contribution is -1.90. The zero-order valence-electron chi connectivity index (χ0n) is 7.97. The van der Waals surface area contributed by atoms with Gasteiger partial charge >= 0.3 is 0 Å². The molecule has 74 valence electrons. The molecular weight excluding hydrogens is 180 g/mol. The van der Waals surface area contributed by atoms with Gasteiger partial charge in [-0.05, 0) is 30.7 Å².